The molecule has 0 aliphatic carbocycles. The summed E-state index contributed by atoms with van der Waals surface area (Å²) in [5, 5.41) is 10.5. The van der Waals surface area contributed by atoms with Crippen molar-refractivity contribution in [2.24, 2.45) is 0 Å². The first-order valence-electron chi connectivity index (χ1n) is 16.3. The topological polar surface area (TPSA) is 57.5 Å². The van der Waals surface area contributed by atoms with E-state index in [1.807, 2.05) is 46.9 Å². The molecule has 0 bridgehead atoms. The largest absolute Gasteiger partial charge is 0.353 e. The van der Waals surface area contributed by atoms with Crippen molar-refractivity contribution in [3.8, 4) is 0 Å². The van der Waals surface area contributed by atoms with Crippen LogP contribution in [0.2, 0.25) is 0 Å². The Bertz CT molecular complexity index is 3230. The fourth-order valence-corrected chi connectivity index (χ4v) is 8.17. The molecule has 2 N–H and O–H groups in total. The highest BCUT2D eigenvalue weighted by Crippen LogP contribution is 2.39. The molecule has 5 heterocycles. The lowest BCUT2D eigenvalue weighted by molar-refractivity contribution is 1.22. The highest BCUT2D eigenvalue weighted by atomic mass is 16.1. The molecular formula is C43H26N4O. The summed E-state index contributed by atoms with van der Waals surface area (Å²) in [6.07, 6.45) is 0. The van der Waals surface area contributed by atoms with Gasteiger partial charge in [0.15, 0.2) is 0 Å². The molecule has 0 fully saturated rings. The first-order chi connectivity index (χ1) is 23.8. The summed E-state index contributed by atoms with van der Waals surface area (Å²) in [6.45, 7) is 0. The van der Waals surface area contributed by atoms with E-state index in [2.05, 4.69) is 117 Å². The van der Waals surface area contributed by atoms with Crippen LogP contribution in [-0.4, -0.2) is 18.8 Å². The van der Waals surface area contributed by atoms with Crippen LogP contribution in [0.4, 0.5) is 0 Å². The van der Waals surface area contributed by atoms with E-state index in [0.29, 0.717) is 0 Å². The Morgan fingerprint density at radius 1 is 0.333 bits per heavy atom. The molecule has 224 valence electrons. The number of hydrogen-bond donors (Lipinski definition) is 2. The van der Waals surface area contributed by atoms with Gasteiger partial charge in [-0.05, 0) is 36.4 Å². The number of para-hydroxylation sites is 5. The standard InChI is InChI=1S/C25H14N2O.C18H12N2/c28-25-19-9-3-6-12-22(19)26-20-10-4-1-7-15(20)17-13-14-18-16-8-2-5-11-21(16)27(25)24(18)23(17)26;1-3-7-15-11(5-1)13-9-10-14-12-6-2-4-8-16(12)20-18(14)17(13)19-15/h1-14H;1-10,19-20H. The quantitative estimate of drug-likeness (QED) is 0.175. The van der Waals surface area contributed by atoms with Gasteiger partial charge in [0, 0.05) is 54.1 Å². The fraction of sp³-hybridized carbons (Fsp3) is 0. The van der Waals surface area contributed by atoms with Crippen LogP contribution < -0.4 is 5.56 Å². The van der Waals surface area contributed by atoms with Crippen LogP contribution in [0.1, 0.15) is 0 Å². The van der Waals surface area contributed by atoms with Gasteiger partial charge in [-0.1, -0.05) is 109 Å². The number of hydrogen-bond acceptors (Lipinski definition) is 1. The van der Waals surface area contributed by atoms with Crippen molar-refractivity contribution < 1.29 is 0 Å². The van der Waals surface area contributed by atoms with Crippen molar-refractivity contribution in [1.82, 2.24) is 18.8 Å². The molecule has 0 aliphatic rings. The monoisotopic (exact) mass is 614 g/mol. The van der Waals surface area contributed by atoms with Crippen LogP contribution in [0, 0.1) is 0 Å². The number of rotatable bonds is 0. The van der Waals surface area contributed by atoms with Crippen LogP contribution in [0.3, 0.4) is 0 Å². The van der Waals surface area contributed by atoms with E-state index < -0.39 is 0 Å². The minimum absolute atomic E-state index is 0.0297. The summed E-state index contributed by atoms with van der Waals surface area (Å²) in [5.41, 5.74) is 9.93. The molecule has 0 unspecified atom stereocenters. The predicted molar refractivity (Wildman–Crippen MR) is 201 cm³/mol. The first-order valence-corrected chi connectivity index (χ1v) is 16.3. The Hall–Kier alpha value is -6.59. The van der Waals surface area contributed by atoms with E-state index in [0.717, 1.165) is 43.7 Å². The summed E-state index contributed by atoms with van der Waals surface area (Å²) < 4.78 is 4.18. The summed E-state index contributed by atoms with van der Waals surface area (Å²) in [5.74, 6) is 0. The highest BCUT2D eigenvalue weighted by Gasteiger charge is 2.20. The van der Waals surface area contributed by atoms with Crippen molar-refractivity contribution in [2.75, 3.05) is 0 Å². The second kappa shape index (κ2) is 9.24. The third kappa shape index (κ3) is 3.22. The average molecular weight is 615 g/mol. The SMILES string of the molecule is O=c1c2ccccc2n2c3ccccc3c3ccc4c5ccccc5n1c4c32.c1ccc2c(c1)[nH]c1c2ccc2c3ccccc3[nH]c21. The zero-order chi connectivity index (χ0) is 31.5. The van der Waals surface area contributed by atoms with E-state index in [9.17, 15) is 4.79 Å². The summed E-state index contributed by atoms with van der Waals surface area (Å²) in [7, 11) is 0. The number of fused-ring (bicyclic) bond motifs is 15. The maximum absolute atomic E-state index is 13.7. The van der Waals surface area contributed by atoms with Crippen molar-refractivity contribution >= 4 is 98.1 Å². The van der Waals surface area contributed by atoms with Gasteiger partial charge in [0.2, 0.25) is 0 Å². The van der Waals surface area contributed by atoms with Crippen LogP contribution in [0.5, 0.6) is 0 Å². The van der Waals surface area contributed by atoms with Gasteiger partial charge in [0.25, 0.3) is 5.56 Å². The fourth-order valence-electron chi connectivity index (χ4n) is 8.17. The molecule has 5 nitrogen and oxygen atoms in total. The Balaban J connectivity index is 0.000000124. The maximum Gasteiger partial charge on any atom is 0.265 e. The smallest absolute Gasteiger partial charge is 0.265 e. The molecule has 0 aliphatic heterocycles. The van der Waals surface area contributed by atoms with Gasteiger partial charge in [-0.3, -0.25) is 9.20 Å². The molecule has 0 saturated carbocycles. The molecule has 0 spiro atoms. The summed E-state index contributed by atoms with van der Waals surface area (Å²) in [4.78, 5) is 20.8. The van der Waals surface area contributed by atoms with Gasteiger partial charge < -0.3 is 14.4 Å². The van der Waals surface area contributed by atoms with Gasteiger partial charge in [0.05, 0.1) is 44.0 Å². The lowest BCUT2D eigenvalue weighted by Gasteiger charge is -2.00. The van der Waals surface area contributed by atoms with Crippen molar-refractivity contribution in [3.05, 3.63) is 156 Å². The molecule has 0 amide bonds. The molecular weight excluding hydrogens is 589 g/mol. The van der Waals surface area contributed by atoms with Gasteiger partial charge in [0.1, 0.15) is 0 Å². The molecule has 5 aromatic heterocycles. The van der Waals surface area contributed by atoms with Crippen LogP contribution in [0.15, 0.2) is 150 Å². The normalized spacial score (nSPS) is 12.2. The third-order valence-electron chi connectivity index (χ3n) is 10.2. The van der Waals surface area contributed by atoms with Crippen LogP contribution in [-0.2, 0) is 0 Å². The molecule has 12 aromatic rings. The average Bonchev–Trinajstić information content (AvgIpc) is 3.87. The number of benzene rings is 7. The van der Waals surface area contributed by atoms with Gasteiger partial charge >= 0.3 is 0 Å². The summed E-state index contributed by atoms with van der Waals surface area (Å²) in [6, 6.07) is 50.3. The van der Waals surface area contributed by atoms with Crippen LogP contribution in [0.25, 0.3) is 98.1 Å². The number of aromatic amines is 2. The number of nitrogens with zero attached hydrogens (tertiary/aromatic N) is 2. The van der Waals surface area contributed by atoms with Crippen LogP contribution >= 0.6 is 0 Å². The molecule has 12 rings (SSSR count). The third-order valence-corrected chi connectivity index (χ3v) is 10.2. The van der Waals surface area contributed by atoms with Gasteiger partial charge in [-0.25, -0.2) is 0 Å². The van der Waals surface area contributed by atoms with Crippen molar-refractivity contribution in [2.45, 2.75) is 0 Å². The van der Waals surface area contributed by atoms with Crippen molar-refractivity contribution in [1.29, 1.82) is 0 Å². The Morgan fingerprint density at radius 2 is 0.708 bits per heavy atom. The zero-order valence-electron chi connectivity index (χ0n) is 25.7. The lowest BCUT2D eigenvalue weighted by atomic mass is 10.1. The molecule has 0 atom stereocenters. The highest BCUT2D eigenvalue weighted by molar-refractivity contribution is 6.24. The minimum atomic E-state index is 0.0297. The summed E-state index contributed by atoms with van der Waals surface area (Å²) >= 11 is 0. The Labute approximate surface area is 272 Å². The van der Waals surface area contributed by atoms with Gasteiger partial charge in [-0.2, -0.15) is 0 Å². The van der Waals surface area contributed by atoms with E-state index in [4.69, 9.17) is 0 Å². The molecule has 5 heteroatoms. The van der Waals surface area contributed by atoms with E-state index in [-0.39, 0.29) is 5.56 Å². The minimum Gasteiger partial charge on any atom is -0.353 e. The Kier molecular flexibility index (Phi) is 4.93. The number of aromatic nitrogens is 4. The number of nitrogens with one attached hydrogen (secondary N) is 2. The zero-order valence-corrected chi connectivity index (χ0v) is 25.7. The lowest BCUT2D eigenvalue weighted by Crippen LogP contribution is -2.09. The van der Waals surface area contributed by atoms with E-state index in [1.165, 1.54) is 54.4 Å². The second-order valence-electron chi connectivity index (χ2n) is 12.6. The van der Waals surface area contributed by atoms with Crippen molar-refractivity contribution in [3.63, 3.8) is 0 Å². The van der Waals surface area contributed by atoms with E-state index >= 15 is 0 Å². The van der Waals surface area contributed by atoms with Gasteiger partial charge in [-0.15, -0.1) is 0 Å². The van der Waals surface area contributed by atoms with E-state index in [1.54, 1.807) is 0 Å². The maximum atomic E-state index is 13.7. The second-order valence-corrected chi connectivity index (χ2v) is 12.6. The molecule has 0 radical (unpaired) electrons. The predicted octanol–water partition coefficient (Wildman–Crippen LogP) is 10.6. The molecule has 48 heavy (non-hydrogen) atoms. The molecule has 7 aromatic carbocycles. The molecule has 0 saturated heterocycles. The number of H-pyrrole nitrogens is 2. The Morgan fingerprint density at radius 3 is 1.25 bits per heavy atom. The first kappa shape index (κ1) is 25.6.